The van der Waals surface area contributed by atoms with Crippen LogP contribution in [0.2, 0.25) is 26.2 Å². The number of hydrogen-bond acceptors (Lipinski definition) is 6. The number of rotatable bonds is 6. The molecule has 10 heteroatoms. The fourth-order valence-electron chi connectivity index (χ4n) is 2.55. The van der Waals surface area contributed by atoms with Crippen molar-refractivity contribution in [3.05, 3.63) is 0 Å². The van der Waals surface area contributed by atoms with Crippen LogP contribution in [0.1, 0.15) is 54.4 Å². The van der Waals surface area contributed by atoms with Gasteiger partial charge in [0.05, 0.1) is 11.2 Å². The lowest BCUT2D eigenvalue weighted by Crippen LogP contribution is -2.62. The summed E-state index contributed by atoms with van der Waals surface area (Å²) in [5.41, 5.74) is -0.576. The largest absolute Gasteiger partial charge is 0.479 e. The molecule has 1 heterocycles. The predicted molar refractivity (Wildman–Crippen MR) is 105 cm³/mol. The molecule has 0 unspecified atom stereocenters. The molecule has 1 aliphatic heterocycles. The third-order valence-electron chi connectivity index (χ3n) is 4.15. The molecular formula is C14H36O6Si4. The molecule has 1 saturated heterocycles. The molecule has 144 valence electrons. The molecule has 0 aliphatic carbocycles. The first-order chi connectivity index (χ1) is 10.7. The first-order valence-electron chi connectivity index (χ1n) is 8.85. The lowest BCUT2D eigenvalue weighted by molar-refractivity contribution is 0.00755. The van der Waals surface area contributed by atoms with Crippen LogP contribution < -0.4 is 0 Å². The molecule has 24 heavy (non-hydrogen) atoms. The molecule has 0 spiro atoms. The van der Waals surface area contributed by atoms with E-state index in [4.69, 9.17) is 25.3 Å². The van der Waals surface area contributed by atoms with Crippen LogP contribution in [0.5, 0.6) is 0 Å². The Morgan fingerprint density at radius 1 is 0.708 bits per heavy atom. The maximum absolute atomic E-state index is 6.26. The Hall–Kier alpha value is 0.628. The van der Waals surface area contributed by atoms with E-state index >= 15 is 0 Å². The van der Waals surface area contributed by atoms with Gasteiger partial charge in [-0.3, -0.25) is 0 Å². The van der Waals surface area contributed by atoms with Crippen LogP contribution in [0.3, 0.4) is 0 Å². The molecule has 0 amide bonds. The first kappa shape index (κ1) is 22.7. The fourth-order valence-corrected chi connectivity index (χ4v) is 18.0. The normalized spacial score (nSPS) is 36.2. The van der Waals surface area contributed by atoms with Crippen LogP contribution in [0.4, 0.5) is 0 Å². The Morgan fingerprint density at radius 2 is 0.958 bits per heavy atom. The predicted octanol–water partition coefficient (Wildman–Crippen LogP) is 3.31. The van der Waals surface area contributed by atoms with Crippen molar-refractivity contribution < 1.29 is 25.3 Å². The van der Waals surface area contributed by atoms with E-state index in [-0.39, 0.29) is 11.2 Å². The van der Waals surface area contributed by atoms with Crippen molar-refractivity contribution in [1.29, 1.82) is 0 Å². The molecule has 0 aromatic heterocycles. The second kappa shape index (κ2) is 8.11. The molecule has 0 N–H and O–H groups in total. The molecule has 0 saturated carbocycles. The van der Waals surface area contributed by atoms with Gasteiger partial charge in [-0.1, -0.05) is 13.8 Å². The van der Waals surface area contributed by atoms with Gasteiger partial charge in [-0.25, -0.2) is 0 Å². The average molecular weight is 413 g/mol. The van der Waals surface area contributed by atoms with Crippen molar-refractivity contribution in [3.63, 3.8) is 0 Å². The molecule has 1 rings (SSSR count). The molecule has 0 aromatic rings. The Bertz CT molecular complexity index is 370. The average Bonchev–Trinajstić information content (AvgIpc) is 2.33. The van der Waals surface area contributed by atoms with Crippen LogP contribution >= 0.6 is 0 Å². The van der Waals surface area contributed by atoms with Crippen molar-refractivity contribution in [3.8, 4) is 0 Å². The van der Waals surface area contributed by atoms with Crippen molar-refractivity contribution in [2.45, 2.75) is 91.8 Å². The van der Waals surface area contributed by atoms with Gasteiger partial charge in [0.15, 0.2) is 0 Å². The zero-order valence-corrected chi connectivity index (χ0v) is 21.3. The van der Waals surface area contributed by atoms with Gasteiger partial charge in [0, 0.05) is 13.1 Å². The molecule has 1 aliphatic rings. The second-order valence-electron chi connectivity index (χ2n) is 7.76. The summed E-state index contributed by atoms with van der Waals surface area (Å²) in [7, 11) is -9.58. The molecular weight excluding hydrogens is 376 g/mol. The Balaban J connectivity index is 2.92. The molecule has 6 nitrogen and oxygen atoms in total. The van der Waals surface area contributed by atoms with Gasteiger partial charge in [0.2, 0.25) is 0 Å². The van der Waals surface area contributed by atoms with Gasteiger partial charge >= 0.3 is 36.2 Å². The Labute approximate surface area is 153 Å². The van der Waals surface area contributed by atoms with E-state index in [0.717, 1.165) is 12.8 Å². The van der Waals surface area contributed by atoms with E-state index in [2.05, 4.69) is 41.5 Å². The van der Waals surface area contributed by atoms with Gasteiger partial charge in [-0.2, -0.15) is 0 Å². The van der Waals surface area contributed by atoms with Crippen LogP contribution in [0, 0.1) is 0 Å². The van der Waals surface area contributed by atoms with E-state index in [1.165, 1.54) is 0 Å². The molecule has 0 aromatic carbocycles. The van der Waals surface area contributed by atoms with Crippen LogP contribution in [0.25, 0.3) is 0 Å². The van der Waals surface area contributed by atoms with Crippen LogP contribution in [-0.2, 0) is 25.3 Å². The lowest BCUT2D eigenvalue weighted by Gasteiger charge is -2.44. The zero-order valence-electron chi connectivity index (χ0n) is 17.0. The van der Waals surface area contributed by atoms with Crippen molar-refractivity contribution >= 4 is 36.2 Å². The third-order valence-corrected chi connectivity index (χ3v) is 18.2. The third kappa shape index (κ3) is 7.09. The summed E-state index contributed by atoms with van der Waals surface area (Å²) in [6.45, 7) is 20.3. The van der Waals surface area contributed by atoms with E-state index in [9.17, 15) is 0 Å². The fraction of sp³-hybridized carbons (Fsp3) is 1.00. The van der Waals surface area contributed by atoms with Gasteiger partial charge in [0.1, 0.15) is 0 Å². The topological polar surface area (TPSA) is 55.4 Å². The highest BCUT2D eigenvalue weighted by molar-refractivity contribution is 6.81. The maximum atomic E-state index is 6.26. The lowest BCUT2D eigenvalue weighted by atomic mass is 10.1. The summed E-state index contributed by atoms with van der Waals surface area (Å²) < 4.78 is 37.5. The first-order valence-corrected chi connectivity index (χ1v) is 17.5. The Kier molecular flexibility index (Phi) is 7.66. The molecule has 0 atom stereocenters. The van der Waals surface area contributed by atoms with Gasteiger partial charge < -0.3 is 25.3 Å². The van der Waals surface area contributed by atoms with E-state index in [1.807, 2.05) is 26.2 Å². The van der Waals surface area contributed by atoms with Gasteiger partial charge in [-0.05, 0) is 53.6 Å². The van der Waals surface area contributed by atoms with E-state index in [1.54, 1.807) is 0 Å². The summed E-state index contributed by atoms with van der Waals surface area (Å²) in [5.74, 6) is 0. The zero-order chi connectivity index (χ0) is 18.8. The smallest absolute Gasteiger partial charge is 0.396 e. The molecule has 0 bridgehead atoms. The highest BCUT2D eigenvalue weighted by Gasteiger charge is 2.51. The van der Waals surface area contributed by atoms with E-state index in [0.29, 0.717) is 0 Å². The Morgan fingerprint density at radius 3 is 1.17 bits per heavy atom. The van der Waals surface area contributed by atoms with Crippen LogP contribution in [0.15, 0.2) is 0 Å². The highest BCUT2D eigenvalue weighted by Crippen LogP contribution is 2.30. The standard InChI is InChI=1S/C14H36O6Si4/c1-11-13(3,4)15-23(9)17-21(7)19-24(10,20-22(8)18-23)16-14(5,6)12-2/h21-22H,11-12H2,1-10H3. The molecule has 0 radical (unpaired) electrons. The minimum Gasteiger partial charge on any atom is -0.396 e. The molecule has 1 fully saturated rings. The summed E-state index contributed by atoms with van der Waals surface area (Å²) in [4.78, 5) is 0. The van der Waals surface area contributed by atoms with Crippen molar-refractivity contribution in [2.75, 3.05) is 0 Å². The van der Waals surface area contributed by atoms with Gasteiger partial charge in [0.25, 0.3) is 0 Å². The second-order valence-corrected chi connectivity index (χ2v) is 17.7. The monoisotopic (exact) mass is 412 g/mol. The van der Waals surface area contributed by atoms with Crippen molar-refractivity contribution in [2.24, 2.45) is 0 Å². The quantitative estimate of drug-likeness (QED) is 0.624. The summed E-state index contributed by atoms with van der Waals surface area (Å²) in [5, 5.41) is 0. The van der Waals surface area contributed by atoms with Crippen molar-refractivity contribution in [1.82, 2.24) is 0 Å². The summed E-state index contributed by atoms with van der Waals surface area (Å²) in [6, 6.07) is 0. The van der Waals surface area contributed by atoms with E-state index < -0.39 is 36.2 Å². The summed E-state index contributed by atoms with van der Waals surface area (Å²) >= 11 is 0. The minimum atomic E-state index is -2.79. The minimum absolute atomic E-state index is 0.288. The highest BCUT2D eigenvalue weighted by atomic mass is 28.5. The van der Waals surface area contributed by atoms with Crippen LogP contribution in [-0.4, -0.2) is 47.4 Å². The number of hydrogen-bond donors (Lipinski definition) is 0. The van der Waals surface area contributed by atoms with Gasteiger partial charge in [-0.15, -0.1) is 0 Å². The SMILES string of the molecule is CCC(C)(C)O[Si]1(C)O[SiH](C)O[Si](C)(OC(C)(C)CC)O[SiH](C)O1. The maximum Gasteiger partial charge on any atom is 0.479 e. The summed E-state index contributed by atoms with van der Waals surface area (Å²) in [6.07, 6.45) is 1.77.